The van der Waals surface area contributed by atoms with E-state index in [4.69, 9.17) is 37.0 Å². The SMILES string of the molecule is CCCCCCCCCCCCCCCCCCCCCCCCC(=O)O[C@H](COC(=O)CCCCCCCCCCCCCCCCCCC)COP(=O)(O)OC[C@@H](O)COP(=O)(O)OC[C@@H](COC(=O)CCCCCCCCCCC)OC(=O)CCCCCCCCCCC. The lowest BCUT2D eigenvalue weighted by atomic mass is 10.0. The van der Waals surface area contributed by atoms with E-state index in [9.17, 15) is 43.2 Å². The molecule has 576 valence electrons. The van der Waals surface area contributed by atoms with Crippen LogP contribution >= 0.6 is 15.6 Å². The highest BCUT2D eigenvalue weighted by Gasteiger charge is 2.30. The summed E-state index contributed by atoms with van der Waals surface area (Å²) in [6.07, 6.45) is 64.1. The molecule has 0 spiro atoms. The zero-order valence-corrected chi connectivity index (χ0v) is 64.8. The molecule has 0 amide bonds. The van der Waals surface area contributed by atoms with Crippen LogP contribution < -0.4 is 0 Å². The van der Waals surface area contributed by atoms with Gasteiger partial charge in [0.1, 0.15) is 19.3 Å². The first-order chi connectivity index (χ1) is 47.2. The second-order valence-corrected chi connectivity index (χ2v) is 31.0. The van der Waals surface area contributed by atoms with Crippen molar-refractivity contribution in [2.24, 2.45) is 0 Å². The highest BCUT2D eigenvalue weighted by molar-refractivity contribution is 7.47. The molecule has 0 saturated heterocycles. The van der Waals surface area contributed by atoms with Crippen LogP contribution in [0.2, 0.25) is 0 Å². The Morgan fingerprint density at radius 1 is 0.247 bits per heavy atom. The molecular weight excluding hydrogens is 1270 g/mol. The summed E-state index contributed by atoms with van der Waals surface area (Å²) in [5.41, 5.74) is 0. The maximum atomic E-state index is 13.1. The van der Waals surface area contributed by atoms with Gasteiger partial charge >= 0.3 is 39.5 Å². The van der Waals surface area contributed by atoms with Crippen LogP contribution in [-0.4, -0.2) is 96.7 Å². The number of hydrogen-bond acceptors (Lipinski definition) is 15. The zero-order valence-electron chi connectivity index (χ0n) is 63.1. The van der Waals surface area contributed by atoms with Crippen molar-refractivity contribution in [2.75, 3.05) is 39.6 Å². The molecule has 0 aromatic heterocycles. The number of carbonyl (C=O) groups is 4. The number of aliphatic hydroxyl groups excluding tert-OH is 1. The molecule has 97 heavy (non-hydrogen) atoms. The Morgan fingerprint density at radius 3 is 0.608 bits per heavy atom. The third kappa shape index (κ3) is 72.2. The van der Waals surface area contributed by atoms with Gasteiger partial charge in [-0.3, -0.25) is 37.3 Å². The molecule has 19 heteroatoms. The van der Waals surface area contributed by atoms with Gasteiger partial charge in [-0.25, -0.2) is 9.13 Å². The van der Waals surface area contributed by atoms with Crippen LogP contribution in [0, 0.1) is 0 Å². The maximum Gasteiger partial charge on any atom is 0.472 e. The maximum absolute atomic E-state index is 13.1. The number of unbranched alkanes of at least 4 members (excludes halogenated alkanes) is 53. The van der Waals surface area contributed by atoms with Crippen molar-refractivity contribution in [3.8, 4) is 0 Å². The fourth-order valence-corrected chi connectivity index (χ4v) is 13.7. The third-order valence-electron chi connectivity index (χ3n) is 18.4. The number of carbonyl (C=O) groups excluding carboxylic acids is 4. The highest BCUT2D eigenvalue weighted by atomic mass is 31.2. The van der Waals surface area contributed by atoms with Crippen molar-refractivity contribution in [1.29, 1.82) is 0 Å². The molecule has 0 bridgehead atoms. The van der Waals surface area contributed by atoms with Crippen LogP contribution in [-0.2, 0) is 65.4 Å². The molecule has 0 saturated carbocycles. The quantitative estimate of drug-likeness (QED) is 0.0222. The first-order valence-corrected chi connectivity index (χ1v) is 43.8. The molecule has 0 aromatic carbocycles. The second-order valence-electron chi connectivity index (χ2n) is 28.1. The molecule has 0 radical (unpaired) electrons. The number of ether oxygens (including phenoxy) is 4. The number of aliphatic hydroxyl groups is 1. The normalized spacial score (nSPS) is 13.8. The van der Waals surface area contributed by atoms with E-state index in [1.165, 1.54) is 250 Å². The average Bonchev–Trinajstić information content (AvgIpc) is 1.43. The lowest BCUT2D eigenvalue weighted by Crippen LogP contribution is -2.30. The van der Waals surface area contributed by atoms with Crippen molar-refractivity contribution in [3.63, 3.8) is 0 Å². The summed E-state index contributed by atoms with van der Waals surface area (Å²) in [6, 6.07) is 0. The molecule has 0 aromatic rings. The van der Waals surface area contributed by atoms with Gasteiger partial charge in [0.2, 0.25) is 0 Å². The standard InChI is InChI=1S/C78H152O17P2/c1-5-9-13-17-21-25-27-29-31-33-34-35-36-37-39-41-43-45-49-53-57-61-65-78(83)95-74(69-89-76(81)63-59-55-51-48-44-42-40-38-32-30-28-26-22-18-14-10-6-2)71-93-97(86,87)91-67-72(79)66-90-96(84,85)92-70-73(94-77(82)64-60-56-52-47-24-20-16-12-8-4)68-88-75(80)62-58-54-50-46-23-19-15-11-7-3/h72-74,79H,5-71H2,1-4H3,(H,84,85)(H,86,87)/t72-,73+,74+/m0/s1. The van der Waals surface area contributed by atoms with Gasteiger partial charge in [-0.15, -0.1) is 0 Å². The summed E-state index contributed by atoms with van der Waals surface area (Å²) in [5.74, 6) is -2.11. The molecule has 17 nitrogen and oxygen atoms in total. The van der Waals surface area contributed by atoms with Gasteiger partial charge in [0.05, 0.1) is 26.4 Å². The van der Waals surface area contributed by atoms with Crippen molar-refractivity contribution >= 4 is 39.5 Å². The van der Waals surface area contributed by atoms with Crippen molar-refractivity contribution in [3.05, 3.63) is 0 Å². The van der Waals surface area contributed by atoms with Crippen LogP contribution in [0.25, 0.3) is 0 Å². The molecule has 0 fully saturated rings. The molecular formula is C78H152O17P2. The van der Waals surface area contributed by atoms with Crippen molar-refractivity contribution in [1.82, 2.24) is 0 Å². The minimum atomic E-state index is -4.96. The third-order valence-corrected chi connectivity index (χ3v) is 20.3. The Balaban J connectivity index is 5.15. The van der Waals surface area contributed by atoms with Crippen molar-refractivity contribution in [2.45, 2.75) is 438 Å². The van der Waals surface area contributed by atoms with E-state index < -0.39 is 97.5 Å². The van der Waals surface area contributed by atoms with E-state index in [-0.39, 0.29) is 25.7 Å². The minimum absolute atomic E-state index is 0.106. The van der Waals surface area contributed by atoms with E-state index in [2.05, 4.69) is 27.7 Å². The lowest BCUT2D eigenvalue weighted by Gasteiger charge is -2.21. The van der Waals surface area contributed by atoms with Crippen LogP contribution in [0.3, 0.4) is 0 Å². The van der Waals surface area contributed by atoms with Gasteiger partial charge in [0, 0.05) is 25.7 Å². The van der Waals surface area contributed by atoms with Gasteiger partial charge < -0.3 is 33.8 Å². The van der Waals surface area contributed by atoms with E-state index in [0.29, 0.717) is 25.7 Å². The molecule has 5 atom stereocenters. The predicted octanol–water partition coefficient (Wildman–Crippen LogP) is 23.4. The van der Waals surface area contributed by atoms with Crippen LogP contribution in [0.5, 0.6) is 0 Å². The summed E-state index contributed by atoms with van der Waals surface area (Å²) in [6.45, 7) is 4.96. The van der Waals surface area contributed by atoms with Crippen LogP contribution in [0.4, 0.5) is 0 Å². The van der Waals surface area contributed by atoms with Gasteiger partial charge in [-0.05, 0) is 25.7 Å². The summed E-state index contributed by atoms with van der Waals surface area (Å²) in [7, 11) is -9.90. The fraction of sp³-hybridized carbons (Fsp3) is 0.949. The van der Waals surface area contributed by atoms with E-state index in [1.54, 1.807) is 0 Å². The smallest absolute Gasteiger partial charge is 0.462 e. The van der Waals surface area contributed by atoms with Gasteiger partial charge in [-0.2, -0.15) is 0 Å². The molecule has 3 N–H and O–H groups in total. The predicted molar refractivity (Wildman–Crippen MR) is 395 cm³/mol. The minimum Gasteiger partial charge on any atom is -0.462 e. The van der Waals surface area contributed by atoms with E-state index in [0.717, 1.165) is 89.9 Å². The molecule has 0 aliphatic heterocycles. The Kier molecular flexibility index (Phi) is 71.0. The number of phosphoric ester groups is 2. The summed E-state index contributed by atoms with van der Waals surface area (Å²) in [5, 5.41) is 10.6. The van der Waals surface area contributed by atoms with Gasteiger partial charge in [-0.1, -0.05) is 368 Å². The largest absolute Gasteiger partial charge is 0.472 e. The number of esters is 4. The summed E-state index contributed by atoms with van der Waals surface area (Å²) < 4.78 is 68.5. The Bertz CT molecular complexity index is 1840. The lowest BCUT2D eigenvalue weighted by molar-refractivity contribution is -0.161. The zero-order chi connectivity index (χ0) is 71.1. The molecule has 0 rings (SSSR count). The molecule has 0 aliphatic rings. The number of rotatable bonds is 79. The van der Waals surface area contributed by atoms with E-state index >= 15 is 0 Å². The topological polar surface area (TPSA) is 237 Å². The fourth-order valence-electron chi connectivity index (χ4n) is 12.1. The molecule has 0 heterocycles. The second kappa shape index (κ2) is 72.4. The first kappa shape index (κ1) is 95.1. The van der Waals surface area contributed by atoms with Gasteiger partial charge in [0.15, 0.2) is 12.2 Å². The Morgan fingerprint density at radius 2 is 0.412 bits per heavy atom. The summed E-state index contributed by atoms with van der Waals surface area (Å²) >= 11 is 0. The monoisotopic (exact) mass is 1420 g/mol. The van der Waals surface area contributed by atoms with Crippen molar-refractivity contribution < 1.29 is 80.2 Å². The van der Waals surface area contributed by atoms with Crippen LogP contribution in [0.15, 0.2) is 0 Å². The van der Waals surface area contributed by atoms with Gasteiger partial charge in [0.25, 0.3) is 0 Å². The average molecular weight is 1420 g/mol. The Hall–Kier alpha value is -1.94. The number of phosphoric acid groups is 2. The molecule has 2 unspecified atom stereocenters. The van der Waals surface area contributed by atoms with Crippen LogP contribution in [0.1, 0.15) is 419 Å². The Labute approximate surface area is 594 Å². The highest BCUT2D eigenvalue weighted by Crippen LogP contribution is 2.45. The molecule has 0 aliphatic carbocycles. The van der Waals surface area contributed by atoms with E-state index in [1.807, 2.05) is 0 Å². The first-order valence-electron chi connectivity index (χ1n) is 40.8. The summed E-state index contributed by atoms with van der Waals surface area (Å²) in [4.78, 5) is 72.7. The number of hydrogen-bond donors (Lipinski definition) is 3.